The summed E-state index contributed by atoms with van der Waals surface area (Å²) in [5.74, 6) is 0.0256. The molecule has 34 heavy (non-hydrogen) atoms. The maximum absolute atomic E-state index is 13.5. The Labute approximate surface area is 198 Å². The Balaban J connectivity index is 1.79. The summed E-state index contributed by atoms with van der Waals surface area (Å²) in [7, 11) is 0. The number of carbonyl (C=O) groups excluding carboxylic acids is 1. The first-order valence-corrected chi connectivity index (χ1v) is 11.5. The number of carbonyl (C=O) groups is 1. The average molecular weight is 456 g/mol. The number of benzene rings is 3. The number of nitrogens with zero attached hydrogens (tertiary/aromatic N) is 2. The summed E-state index contributed by atoms with van der Waals surface area (Å²) in [5, 5.41) is 3.36. The molecule has 1 N–H and O–H groups in total. The molecule has 0 aliphatic rings. The SMILES string of the molecule is Cc1ccc2c(c1)c(=O)n(-c1ccc(C(C)C)cc1)c(=O)n2CC(=O)NC(C)c1ccccc1. The van der Waals surface area contributed by atoms with Crippen LogP contribution in [-0.2, 0) is 11.3 Å². The van der Waals surface area contributed by atoms with Crippen molar-refractivity contribution in [1.82, 2.24) is 14.5 Å². The summed E-state index contributed by atoms with van der Waals surface area (Å²) < 4.78 is 2.53. The molecule has 174 valence electrons. The third kappa shape index (κ3) is 4.57. The number of aromatic nitrogens is 2. The third-order valence-corrected chi connectivity index (χ3v) is 6.10. The highest BCUT2D eigenvalue weighted by molar-refractivity contribution is 5.82. The van der Waals surface area contributed by atoms with E-state index in [4.69, 9.17) is 0 Å². The van der Waals surface area contributed by atoms with Crippen molar-refractivity contribution in [2.75, 3.05) is 0 Å². The van der Waals surface area contributed by atoms with Crippen LogP contribution in [0.15, 0.2) is 82.4 Å². The summed E-state index contributed by atoms with van der Waals surface area (Å²) in [5.41, 5.74) is 2.98. The van der Waals surface area contributed by atoms with E-state index in [1.54, 1.807) is 24.3 Å². The second-order valence-electron chi connectivity index (χ2n) is 8.98. The molecule has 6 nitrogen and oxygen atoms in total. The van der Waals surface area contributed by atoms with Gasteiger partial charge in [-0.05, 0) is 55.2 Å². The molecule has 0 bridgehead atoms. The predicted octanol–water partition coefficient (Wildman–Crippen LogP) is 4.46. The fourth-order valence-corrected chi connectivity index (χ4v) is 4.13. The van der Waals surface area contributed by atoms with E-state index in [0.29, 0.717) is 22.5 Å². The molecule has 0 spiro atoms. The van der Waals surface area contributed by atoms with Crippen molar-refractivity contribution in [1.29, 1.82) is 0 Å². The molecule has 0 aliphatic carbocycles. The van der Waals surface area contributed by atoms with Gasteiger partial charge in [-0.15, -0.1) is 0 Å². The molecule has 3 aromatic carbocycles. The first-order valence-electron chi connectivity index (χ1n) is 11.5. The molecule has 1 heterocycles. The van der Waals surface area contributed by atoms with Gasteiger partial charge in [-0.25, -0.2) is 9.36 Å². The molecule has 4 aromatic rings. The van der Waals surface area contributed by atoms with Crippen LogP contribution in [0.5, 0.6) is 0 Å². The molecule has 0 radical (unpaired) electrons. The molecule has 0 fully saturated rings. The molecule has 1 amide bonds. The molecule has 0 aliphatic heterocycles. The standard InChI is InChI=1S/C28H29N3O3/c1-18(2)21-11-13-23(14-12-21)31-27(33)24-16-19(3)10-15-25(24)30(28(31)34)17-26(32)29-20(4)22-8-6-5-7-9-22/h5-16,18,20H,17H2,1-4H3,(H,29,32). The van der Waals surface area contributed by atoms with E-state index in [2.05, 4.69) is 19.2 Å². The van der Waals surface area contributed by atoms with Crippen LogP contribution >= 0.6 is 0 Å². The lowest BCUT2D eigenvalue weighted by atomic mass is 10.0. The summed E-state index contributed by atoms with van der Waals surface area (Å²) in [6.45, 7) is 7.77. The molecule has 1 aromatic heterocycles. The summed E-state index contributed by atoms with van der Waals surface area (Å²) in [4.78, 5) is 39.9. The number of amides is 1. The zero-order valence-electron chi connectivity index (χ0n) is 19.9. The Morgan fingerprint density at radius 2 is 1.56 bits per heavy atom. The smallest absolute Gasteiger partial charge is 0.336 e. The normalized spacial score (nSPS) is 12.1. The lowest BCUT2D eigenvalue weighted by molar-refractivity contribution is -0.122. The second kappa shape index (κ2) is 9.51. The van der Waals surface area contributed by atoms with Crippen LogP contribution in [0.1, 0.15) is 49.4 Å². The number of rotatable bonds is 6. The van der Waals surface area contributed by atoms with E-state index < -0.39 is 11.2 Å². The maximum atomic E-state index is 13.5. The Morgan fingerprint density at radius 1 is 0.882 bits per heavy atom. The molecule has 0 saturated heterocycles. The fourth-order valence-electron chi connectivity index (χ4n) is 4.13. The maximum Gasteiger partial charge on any atom is 0.336 e. The minimum Gasteiger partial charge on any atom is -0.348 e. The van der Waals surface area contributed by atoms with Gasteiger partial charge in [-0.2, -0.15) is 0 Å². The third-order valence-electron chi connectivity index (χ3n) is 6.10. The molecular formula is C28H29N3O3. The number of fused-ring (bicyclic) bond motifs is 1. The Bertz CT molecular complexity index is 1450. The van der Waals surface area contributed by atoms with Crippen LogP contribution in [0.3, 0.4) is 0 Å². The van der Waals surface area contributed by atoms with Gasteiger partial charge >= 0.3 is 5.69 Å². The van der Waals surface area contributed by atoms with Gasteiger partial charge in [0.25, 0.3) is 5.56 Å². The van der Waals surface area contributed by atoms with E-state index in [0.717, 1.165) is 21.3 Å². The predicted molar refractivity (Wildman–Crippen MR) is 136 cm³/mol. The van der Waals surface area contributed by atoms with Crippen molar-refractivity contribution in [3.05, 3.63) is 110 Å². The highest BCUT2D eigenvalue weighted by atomic mass is 16.2. The quantitative estimate of drug-likeness (QED) is 0.467. The van der Waals surface area contributed by atoms with Crippen LogP contribution in [0.2, 0.25) is 0 Å². The van der Waals surface area contributed by atoms with E-state index in [-0.39, 0.29) is 18.5 Å². The van der Waals surface area contributed by atoms with Crippen LogP contribution in [-0.4, -0.2) is 15.0 Å². The van der Waals surface area contributed by atoms with Crippen molar-refractivity contribution in [3.8, 4) is 5.69 Å². The summed E-state index contributed by atoms with van der Waals surface area (Å²) in [6.07, 6.45) is 0. The molecule has 1 atom stereocenters. The Morgan fingerprint density at radius 3 is 2.21 bits per heavy atom. The number of aryl methyl sites for hydroxylation is 1. The summed E-state index contributed by atoms with van der Waals surface area (Å²) >= 11 is 0. The molecule has 6 heteroatoms. The van der Waals surface area contributed by atoms with Gasteiger partial charge in [0.2, 0.25) is 5.91 Å². The first-order chi connectivity index (χ1) is 16.3. The van der Waals surface area contributed by atoms with Crippen molar-refractivity contribution >= 4 is 16.8 Å². The highest BCUT2D eigenvalue weighted by Crippen LogP contribution is 2.17. The van der Waals surface area contributed by atoms with Gasteiger partial charge in [-0.1, -0.05) is 67.9 Å². The zero-order valence-corrected chi connectivity index (χ0v) is 19.9. The largest absolute Gasteiger partial charge is 0.348 e. The van der Waals surface area contributed by atoms with Gasteiger partial charge in [0.05, 0.1) is 22.6 Å². The van der Waals surface area contributed by atoms with Crippen molar-refractivity contribution in [2.24, 2.45) is 0 Å². The van der Waals surface area contributed by atoms with Crippen molar-refractivity contribution in [2.45, 2.75) is 46.2 Å². The molecule has 0 saturated carbocycles. The van der Waals surface area contributed by atoms with E-state index >= 15 is 0 Å². The van der Waals surface area contributed by atoms with E-state index in [1.165, 1.54) is 4.57 Å². The van der Waals surface area contributed by atoms with Crippen molar-refractivity contribution < 1.29 is 4.79 Å². The van der Waals surface area contributed by atoms with Crippen LogP contribution < -0.4 is 16.6 Å². The minimum absolute atomic E-state index is 0.195. The molecule has 4 rings (SSSR count). The van der Waals surface area contributed by atoms with Crippen LogP contribution in [0.25, 0.3) is 16.6 Å². The first kappa shape index (κ1) is 23.2. The lowest BCUT2D eigenvalue weighted by Crippen LogP contribution is -2.42. The fraction of sp³-hybridized carbons (Fsp3) is 0.250. The van der Waals surface area contributed by atoms with E-state index in [1.807, 2.05) is 62.4 Å². The second-order valence-corrected chi connectivity index (χ2v) is 8.98. The van der Waals surface area contributed by atoms with Gasteiger partial charge in [0, 0.05) is 0 Å². The topological polar surface area (TPSA) is 73.1 Å². The van der Waals surface area contributed by atoms with Gasteiger partial charge in [-0.3, -0.25) is 14.2 Å². The monoisotopic (exact) mass is 455 g/mol. The van der Waals surface area contributed by atoms with Crippen molar-refractivity contribution in [3.63, 3.8) is 0 Å². The number of hydrogen-bond acceptors (Lipinski definition) is 3. The van der Waals surface area contributed by atoms with E-state index in [9.17, 15) is 14.4 Å². The van der Waals surface area contributed by atoms with Gasteiger partial charge in [0.15, 0.2) is 0 Å². The summed E-state index contributed by atoms with van der Waals surface area (Å²) in [6, 6.07) is 22.1. The Kier molecular flexibility index (Phi) is 6.50. The van der Waals surface area contributed by atoms with Crippen LogP contribution in [0.4, 0.5) is 0 Å². The molecule has 1 unspecified atom stereocenters. The number of hydrogen-bond donors (Lipinski definition) is 1. The zero-order chi connectivity index (χ0) is 24.4. The average Bonchev–Trinajstić information content (AvgIpc) is 2.83. The minimum atomic E-state index is -0.541. The van der Waals surface area contributed by atoms with Crippen LogP contribution in [0, 0.1) is 6.92 Å². The van der Waals surface area contributed by atoms with Gasteiger partial charge < -0.3 is 5.32 Å². The number of nitrogens with one attached hydrogen (secondary N) is 1. The highest BCUT2D eigenvalue weighted by Gasteiger charge is 2.18. The lowest BCUT2D eigenvalue weighted by Gasteiger charge is -2.17. The Hall–Kier alpha value is -3.93. The van der Waals surface area contributed by atoms with Gasteiger partial charge in [0.1, 0.15) is 6.54 Å². The molecular weight excluding hydrogens is 426 g/mol.